The van der Waals surface area contributed by atoms with Gasteiger partial charge in [-0.1, -0.05) is 53.1 Å². The van der Waals surface area contributed by atoms with Crippen molar-refractivity contribution < 1.29 is 18.0 Å². The number of rotatable bonds is 4. The molecule has 0 fully saturated rings. The summed E-state index contributed by atoms with van der Waals surface area (Å²) in [5.41, 5.74) is 0.0213. The topological polar surface area (TPSA) is 89.1 Å². The Labute approximate surface area is 220 Å². The number of halogens is 3. The predicted octanol–water partition coefficient (Wildman–Crippen LogP) is 5.51. The molecule has 1 aromatic carbocycles. The maximum Gasteiger partial charge on any atom is 0.272 e. The van der Waals surface area contributed by atoms with Crippen LogP contribution in [0.5, 0.6) is 0 Å². The summed E-state index contributed by atoms with van der Waals surface area (Å²) in [5.74, 6) is -1.11. The van der Waals surface area contributed by atoms with Crippen LogP contribution in [0.4, 0.5) is 8.78 Å². The van der Waals surface area contributed by atoms with Crippen LogP contribution in [0.1, 0.15) is 82.0 Å². The molecule has 4 rings (SSSR count). The molecule has 8 nitrogen and oxygen atoms in total. The second-order valence-electron chi connectivity index (χ2n) is 11.7. The number of imidazole rings is 1. The van der Waals surface area contributed by atoms with Gasteiger partial charge in [-0.3, -0.25) is 4.79 Å². The van der Waals surface area contributed by atoms with Crippen LogP contribution in [-0.4, -0.2) is 44.1 Å². The molecule has 2 aromatic heterocycles. The van der Waals surface area contributed by atoms with Gasteiger partial charge in [-0.15, -0.1) is 10.2 Å². The zero-order valence-corrected chi connectivity index (χ0v) is 23.0. The van der Waals surface area contributed by atoms with Gasteiger partial charge in [0.2, 0.25) is 11.8 Å². The Morgan fingerprint density at radius 1 is 1.11 bits per heavy atom. The lowest BCUT2D eigenvalue weighted by atomic mass is 9.86. The Morgan fingerprint density at radius 3 is 2.43 bits per heavy atom. The Morgan fingerprint density at radius 2 is 1.81 bits per heavy atom. The van der Waals surface area contributed by atoms with Gasteiger partial charge in [0.1, 0.15) is 23.5 Å². The van der Waals surface area contributed by atoms with Crippen molar-refractivity contribution in [2.45, 2.75) is 72.5 Å². The fourth-order valence-electron chi connectivity index (χ4n) is 4.30. The lowest BCUT2D eigenvalue weighted by Gasteiger charge is -2.28. The van der Waals surface area contributed by atoms with Gasteiger partial charge in [0, 0.05) is 24.6 Å². The number of carbonyl (C=O) groups is 1. The minimum Gasteiger partial charge on any atom is -0.422 e. The number of nitrogens with zero attached hydrogens (tertiary/aromatic N) is 5. The summed E-state index contributed by atoms with van der Waals surface area (Å²) in [6, 6.07) is 1.34. The van der Waals surface area contributed by atoms with Gasteiger partial charge >= 0.3 is 0 Å². The number of fused-ring (bicyclic) bond motifs is 1. The third kappa shape index (κ3) is 5.55. The molecule has 1 aliphatic rings. The van der Waals surface area contributed by atoms with E-state index < -0.39 is 29.0 Å². The third-order valence-electron chi connectivity index (χ3n) is 6.35. The number of hydrogen-bond acceptors (Lipinski definition) is 6. The summed E-state index contributed by atoms with van der Waals surface area (Å²) in [5, 5.41) is 11.2. The molecule has 0 unspecified atom stereocenters. The number of benzene rings is 1. The summed E-state index contributed by atoms with van der Waals surface area (Å²) < 4.78 is 36.5. The molecule has 3 heterocycles. The molecular weight excluding hydrogens is 502 g/mol. The van der Waals surface area contributed by atoms with Gasteiger partial charge in [-0.2, -0.15) is 0 Å². The van der Waals surface area contributed by atoms with Crippen molar-refractivity contribution in [2.75, 3.05) is 13.6 Å². The number of amides is 1. The normalized spacial score (nSPS) is 15.8. The van der Waals surface area contributed by atoms with Crippen molar-refractivity contribution in [1.29, 1.82) is 0 Å². The van der Waals surface area contributed by atoms with Crippen LogP contribution >= 0.6 is 11.6 Å². The van der Waals surface area contributed by atoms with Crippen molar-refractivity contribution in [3.05, 3.63) is 52.0 Å². The zero-order valence-electron chi connectivity index (χ0n) is 22.2. The van der Waals surface area contributed by atoms with Crippen LogP contribution in [0.3, 0.4) is 0 Å². The number of hydrogen-bond donors (Lipinski definition) is 1. The molecule has 11 heteroatoms. The average molecular weight is 535 g/mol. The van der Waals surface area contributed by atoms with Gasteiger partial charge in [0.15, 0.2) is 5.69 Å². The van der Waals surface area contributed by atoms with Gasteiger partial charge in [-0.05, 0) is 31.5 Å². The second-order valence-corrected chi connectivity index (χ2v) is 12.1. The smallest absolute Gasteiger partial charge is 0.272 e. The maximum absolute atomic E-state index is 14.9. The fourth-order valence-corrected chi connectivity index (χ4v) is 4.47. The first kappa shape index (κ1) is 27.2. The van der Waals surface area contributed by atoms with Gasteiger partial charge < -0.3 is 19.2 Å². The summed E-state index contributed by atoms with van der Waals surface area (Å²) in [7, 11) is 1.95. The molecule has 0 spiro atoms. The van der Waals surface area contributed by atoms with E-state index in [4.69, 9.17) is 16.0 Å². The first-order valence-corrected chi connectivity index (χ1v) is 12.6. The molecule has 0 radical (unpaired) electrons. The van der Waals surface area contributed by atoms with Gasteiger partial charge in [-0.25, -0.2) is 13.8 Å². The Bertz CT molecular complexity index is 1320. The number of carbonyl (C=O) groups excluding carboxylic acids is 1. The molecule has 1 atom stereocenters. The molecule has 1 N–H and O–H groups in total. The molecule has 0 saturated carbocycles. The number of nitrogens with one attached hydrogen (secondary N) is 1. The highest BCUT2D eigenvalue weighted by atomic mass is 35.5. The Hall–Kier alpha value is -2.85. The van der Waals surface area contributed by atoms with E-state index in [-0.39, 0.29) is 27.5 Å². The van der Waals surface area contributed by atoms with E-state index in [1.807, 2.05) is 53.2 Å². The monoisotopic (exact) mass is 534 g/mol. The second kappa shape index (κ2) is 9.79. The summed E-state index contributed by atoms with van der Waals surface area (Å²) >= 11 is 5.97. The van der Waals surface area contributed by atoms with Crippen molar-refractivity contribution in [1.82, 2.24) is 30.0 Å². The first-order valence-electron chi connectivity index (χ1n) is 12.2. The first-order chi connectivity index (χ1) is 17.2. The molecule has 0 saturated heterocycles. The lowest BCUT2D eigenvalue weighted by Crippen LogP contribution is -2.37. The highest BCUT2D eigenvalue weighted by Gasteiger charge is 2.36. The lowest BCUT2D eigenvalue weighted by molar-refractivity contribution is 0.0877. The van der Waals surface area contributed by atoms with E-state index in [1.165, 1.54) is 6.07 Å². The van der Waals surface area contributed by atoms with Crippen molar-refractivity contribution in [3.8, 4) is 11.4 Å². The molecule has 3 aromatic rings. The van der Waals surface area contributed by atoms with Crippen LogP contribution in [0.2, 0.25) is 5.02 Å². The highest BCUT2D eigenvalue weighted by Crippen LogP contribution is 2.35. The summed E-state index contributed by atoms with van der Waals surface area (Å²) in [4.78, 5) is 20.4. The maximum atomic E-state index is 14.9. The minimum absolute atomic E-state index is 0.0374. The molecule has 0 bridgehead atoms. The van der Waals surface area contributed by atoms with E-state index in [9.17, 15) is 13.6 Å². The summed E-state index contributed by atoms with van der Waals surface area (Å²) in [6.45, 7) is 13.5. The Balaban J connectivity index is 1.78. The fraction of sp³-hybridized carbons (Fsp3) is 0.538. The quantitative estimate of drug-likeness (QED) is 0.444. The van der Waals surface area contributed by atoms with Crippen molar-refractivity contribution >= 4 is 17.5 Å². The molecular formula is C26H33ClF2N6O2. The average Bonchev–Trinajstić information content (AvgIpc) is 3.35. The van der Waals surface area contributed by atoms with Crippen molar-refractivity contribution in [2.24, 2.45) is 5.41 Å². The van der Waals surface area contributed by atoms with E-state index in [0.717, 1.165) is 19.0 Å². The molecule has 1 aliphatic heterocycles. The standard InChI is InChI=1S/C26H33ClF2N6O2/c1-25(2,3)20(23-32-33-24(37-23)26(4,5)6)31-22(36)19-18-13-34(7)9-8-10-35(18)21(30-19)14-11-15(27)17(29)12-16(14)28/h11-12,20H,8-10,13H2,1-7H3,(H,31,36)/t20-/m1/s1. The van der Waals surface area contributed by atoms with Crippen LogP contribution in [0.15, 0.2) is 16.5 Å². The van der Waals surface area contributed by atoms with E-state index in [2.05, 4.69) is 25.4 Å². The minimum atomic E-state index is -0.856. The molecule has 200 valence electrons. The van der Waals surface area contributed by atoms with Crippen LogP contribution in [0.25, 0.3) is 11.4 Å². The number of aromatic nitrogens is 4. The van der Waals surface area contributed by atoms with Crippen LogP contribution in [0, 0.1) is 17.0 Å². The third-order valence-corrected chi connectivity index (χ3v) is 6.64. The SMILES string of the molecule is CN1CCCn2c(-c3cc(Cl)c(F)cc3F)nc(C(=O)N[C@H](c3nnc(C(C)(C)C)o3)C(C)(C)C)c2C1. The largest absolute Gasteiger partial charge is 0.422 e. The molecule has 1 amide bonds. The zero-order chi connectivity index (χ0) is 27.3. The van der Waals surface area contributed by atoms with Crippen LogP contribution in [-0.2, 0) is 18.5 Å². The van der Waals surface area contributed by atoms with E-state index in [0.29, 0.717) is 30.6 Å². The predicted molar refractivity (Wildman–Crippen MR) is 136 cm³/mol. The van der Waals surface area contributed by atoms with E-state index >= 15 is 0 Å². The highest BCUT2D eigenvalue weighted by molar-refractivity contribution is 6.31. The van der Waals surface area contributed by atoms with Gasteiger partial charge in [0.05, 0.1) is 16.3 Å². The van der Waals surface area contributed by atoms with Crippen LogP contribution < -0.4 is 5.32 Å². The summed E-state index contributed by atoms with van der Waals surface area (Å²) in [6.07, 6.45) is 0.770. The molecule has 37 heavy (non-hydrogen) atoms. The molecule has 0 aliphatic carbocycles. The Kier molecular flexibility index (Phi) is 7.20. The van der Waals surface area contributed by atoms with Gasteiger partial charge in [0.25, 0.3) is 5.91 Å². The van der Waals surface area contributed by atoms with Crippen molar-refractivity contribution in [3.63, 3.8) is 0 Å². The van der Waals surface area contributed by atoms with E-state index in [1.54, 1.807) is 0 Å².